The minimum Gasteiger partial charge on any atom is -0.323 e. The summed E-state index contributed by atoms with van der Waals surface area (Å²) in [4.78, 5) is 28.9. The van der Waals surface area contributed by atoms with Gasteiger partial charge in [-0.25, -0.2) is 18.1 Å². The van der Waals surface area contributed by atoms with Crippen LogP contribution in [0.3, 0.4) is 0 Å². The van der Waals surface area contributed by atoms with Gasteiger partial charge >= 0.3 is 6.03 Å². The highest BCUT2D eigenvalue weighted by Gasteiger charge is 2.56. The molecule has 8 nitrogen and oxygen atoms in total. The van der Waals surface area contributed by atoms with Gasteiger partial charge in [-0.1, -0.05) is 31.4 Å². The summed E-state index contributed by atoms with van der Waals surface area (Å²) in [6.45, 7) is 3.67. The van der Waals surface area contributed by atoms with E-state index in [0.717, 1.165) is 12.8 Å². The van der Waals surface area contributed by atoms with Gasteiger partial charge in [-0.3, -0.25) is 9.69 Å². The Bertz CT molecular complexity index is 1010. The van der Waals surface area contributed by atoms with Crippen LogP contribution in [0.2, 0.25) is 0 Å². The standard InChI is InChI=1S/C24H34N4O4S/c1-24(20-9-10-20)22(29)28(23(30)25-24)17-26-13-15-27(16-14-26)33(31,32)21-11-7-19(8-12-21)18-5-3-2-4-6-18/h7-8,11-12,18,20H,2-6,9-10,13-17H2,1H3,(H,25,30). The molecular formula is C24H34N4O4S. The number of imide groups is 1. The zero-order chi connectivity index (χ0) is 23.2. The van der Waals surface area contributed by atoms with Crippen LogP contribution >= 0.6 is 0 Å². The van der Waals surface area contributed by atoms with Gasteiger partial charge in [-0.15, -0.1) is 0 Å². The topological polar surface area (TPSA) is 90.0 Å². The molecule has 5 rings (SSSR count). The van der Waals surface area contributed by atoms with Crippen LogP contribution in [0.25, 0.3) is 0 Å². The van der Waals surface area contributed by atoms with Crippen LogP contribution in [0.5, 0.6) is 0 Å². The van der Waals surface area contributed by atoms with Crippen molar-refractivity contribution in [3.8, 4) is 0 Å². The minimum absolute atomic E-state index is 0.164. The molecule has 1 aromatic rings. The molecule has 2 aliphatic carbocycles. The summed E-state index contributed by atoms with van der Waals surface area (Å²) >= 11 is 0. The molecule has 2 saturated heterocycles. The highest BCUT2D eigenvalue weighted by Crippen LogP contribution is 2.42. The van der Waals surface area contributed by atoms with Crippen LogP contribution in [0.15, 0.2) is 29.2 Å². The monoisotopic (exact) mass is 474 g/mol. The molecule has 1 atom stereocenters. The smallest absolute Gasteiger partial charge is 0.323 e. The van der Waals surface area contributed by atoms with Crippen molar-refractivity contribution in [2.24, 2.45) is 5.92 Å². The van der Waals surface area contributed by atoms with Crippen molar-refractivity contribution >= 4 is 22.0 Å². The largest absolute Gasteiger partial charge is 0.326 e. The van der Waals surface area contributed by atoms with Crippen molar-refractivity contribution in [2.45, 2.75) is 68.2 Å². The Morgan fingerprint density at radius 1 is 0.939 bits per heavy atom. The maximum atomic E-state index is 13.2. The van der Waals surface area contributed by atoms with Gasteiger partial charge in [0.2, 0.25) is 10.0 Å². The molecule has 0 radical (unpaired) electrons. The number of nitrogens with zero attached hydrogens (tertiary/aromatic N) is 3. The molecule has 2 saturated carbocycles. The molecule has 4 aliphatic rings. The number of carbonyl (C=O) groups excluding carboxylic acids is 2. The molecule has 1 unspecified atom stereocenters. The van der Waals surface area contributed by atoms with E-state index in [1.807, 2.05) is 24.0 Å². The number of carbonyl (C=O) groups is 2. The van der Waals surface area contributed by atoms with Gasteiger partial charge < -0.3 is 5.32 Å². The van der Waals surface area contributed by atoms with Crippen LogP contribution in [-0.4, -0.2) is 72.8 Å². The van der Waals surface area contributed by atoms with E-state index >= 15 is 0 Å². The van der Waals surface area contributed by atoms with Crippen LogP contribution in [0.4, 0.5) is 4.79 Å². The maximum Gasteiger partial charge on any atom is 0.326 e. The first kappa shape index (κ1) is 22.8. The second kappa shape index (κ2) is 8.67. The molecule has 0 spiro atoms. The van der Waals surface area contributed by atoms with Gasteiger partial charge in [0.25, 0.3) is 5.91 Å². The summed E-state index contributed by atoms with van der Waals surface area (Å²) < 4.78 is 27.9. The highest BCUT2D eigenvalue weighted by atomic mass is 32.2. The summed E-state index contributed by atoms with van der Waals surface area (Å²) in [6.07, 6.45) is 8.10. The Hall–Kier alpha value is -1.97. The number of sulfonamides is 1. The molecular weight excluding hydrogens is 440 g/mol. The molecule has 0 bridgehead atoms. The van der Waals surface area contributed by atoms with Crippen LogP contribution < -0.4 is 5.32 Å². The first-order chi connectivity index (χ1) is 15.8. The van der Waals surface area contributed by atoms with E-state index in [4.69, 9.17) is 0 Å². The molecule has 33 heavy (non-hydrogen) atoms. The Balaban J connectivity index is 1.18. The van der Waals surface area contributed by atoms with Crippen LogP contribution in [0, 0.1) is 5.92 Å². The SMILES string of the molecule is CC1(C2CC2)NC(=O)N(CN2CCN(S(=O)(=O)c3ccc(C4CCCCC4)cc3)CC2)C1=O. The van der Waals surface area contributed by atoms with E-state index in [1.54, 1.807) is 12.1 Å². The van der Waals surface area contributed by atoms with Gasteiger partial charge in [0.15, 0.2) is 0 Å². The summed E-state index contributed by atoms with van der Waals surface area (Å²) in [5.74, 6) is 0.611. The molecule has 3 amide bonds. The fourth-order valence-corrected chi connectivity index (χ4v) is 7.01. The molecule has 4 fully saturated rings. The lowest BCUT2D eigenvalue weighted by Gasteiger charge is -2.35. The predicted octanol–water partition coefficient (Wildman–Crippen LogP) is 2.72. The van der Waals surface area contributed by atoms with Crippen molar-refractivity contribution in [1.29, 1.82) is 0 Å². The summed E-state index contributed by atoms with van der Waals surface area (Å²) in [5, 5.41) is 2.87. The number of nitrogens with one attached hydrogen (secondary N) is 1. The Morgan fingerprint density at radius 3 is 2.18 bits per heavy atom. The quantitative estimate of drug-likeness (QED) is 0.641. The van der Waals surface area contributed by atoms with E-state index in [2.05, 4.69) is 5.32 Å². The molecule has 2 heterocycles. The second-order valence-electron chi connectivity index (χ2n) is 10.2. The third-order valence-corrected chi connectivity index (χ3v) is 9.88. The van der Waals surface area contributed by atoms with Crippen LogP contribution in [0.1, 0.15) is 63.4 Å². The predicted molar refractivity (Wildman–Crippen MR) is 124 cm³/mol. The Kier molecular flexibility index (Phi) is 5.99. The van der Waals surface area contributed by atoms with Crippen molar-refractivity contribution in [2.75, 3.05) is 32.8 Å². The van der Waals surface area contributed by atoms with Crippen LogP contribution in [-0.2, 0) is 14.8 Å². The average molecular weight is 475 g/mol. The Morgan fingerprint density at radius 2 is 1.58 bits per heavy atom. The molecule has 0 aromatic heterocycles. The fraction of sp³-hybridized carbons (Fsp3) is 0.667. The second-order valence-corrected chi connectivity index (χ2v) is 12.1. The summed E-state index contributed by atoms with van der Waals surface area (Å²) in [7, 11) is -3.56. The molecule has 2 aliphatic heterocycles. The number of benzene rings is 1. The number of rotatable bonds is 6. The van der Waals surface area contributed by atoms with Crippen molar-refractivity contribution < 1.29 is 18.0 Å². The number of piperazine rings is 1. The van der Waals surface area contributed by atoms with Gasteiger partial charge in [-0.05, 0) is 62.1 Å². The van der Waals surface area contributed by atoms with Crippen molar-refractivity contribution in [3.05, 3.63) is 29.8 Å². The highest BCUT2D eigenvalue weighted by molar-refractivity contribution is 7.89. The third-order valence-electron chi connectivity index (χ3n) is 7.96. The maximum absolute atomic E-state index is 13.2. The number of amides is 3. The van der Waals surface area contributed by atoms with Gasteiger partial charge in [0.05, 0.1) is 11.6 Å². The first-order valence-corrected chi connectivity index (χ1v) is 13.7. The van der Waals surface area contributed by atoms with Crippen molar-refractivity contribution in [3.63, 3.8) is 0 Å². The minimum atomic E-state index is -3.56. The first-order valence-electron chi connectivity index (χ1n) is 12.3. The number of urea groups is 1. The lowest BCUT2D eigenvalue weighted by Crippen LogP contribution is -2.53. The van der Waals surface area contributed by atoms with E-state index in [1.165, 1.54) is 46.9 Å². The van der Waals surface area contributed by atoms with E-state index in [-0.39, 0.29) is 24.5 Å². The lowest BCUT2D eigenvalue weighted by molar-refractivity contribution is -0.133. The molecule has 9 heteroatoms. The zero-order valence-electron chi connectivity index (χ0n) is 19.3. The van der Waals surface area contributed by atoms with E-state index < -0.39 is 15.6 Å². The number of hydrogen-bond donors (Lipinski definition) is 1. The fourth-order valence-electron chi connectivity index (χ4n) is 5.59. The Labute approximate surface area is 196 Å². The lowest BCUT2D eigenvalue weighted by atomic mass is 9.84. The van der Waals surface area contributed by atoms with Gasteiger partial charge in [0, 0.05) is 26.2 Å². The average Bonchev–Trinajstić information content (AvgIpc) is 3.66. The number of hydrogen-bond acceptors (Lipinski definition) is 5. The van der Waals surface area contributed by atoms with Gasteiger partial charge in [0.1, 0.15) is 5.54 Å². The molecule has 180 valence electrons. The molecule has 1 N–H and O–H groups in total. The summed E-state index contributed by atoms with van der Waals surface area (Å²) in [5.41, 5.74) is 0.455. The zero-order valence-corrected chi connectivity index (χ0v) is 20.1. The third kappa shape index (κ3) is 4.31. The van der Waals surface area contributed by atoms with Crippen molar-refractivity contribution in [1.82, 2.24) is 19.4 Å². The van der Waals surface area contributed by atoms with Gasteiger partial charge in [-0.2, -0.15) is 4.31 Å². The van der Waals surface area contributed by atoms with E-state index in [0.29, 0.717) is 37.0 Å². The van der Waals surface area contributed by atoms with E-state index in [9.17, 15) is 18.0 Å². The normalized spacial score (nSPS) is 28.3. The molecule has 1 aromatic carbocycles. The summed E-state index contributed by atoms with van der Waals surface area (Å²) in [6, 6.07) is 7.11.